The van der Waals surface area contributed by atoms with Crippen LogP contribution in [0.2, 0.25) is 0 Å². The molecule has 5 rings (SSSR count). The second-order valence-electron chi connectivity index (χ2n) is 13.6. The maximum atomic E-state index is 12.1. The van der Waals surface area contributed by atoms with Gasteiger partial charge >= 0.3 is 32.4 Å². The summed E-state index contributed by atoms with van der Waals surface area (Å²) in [6.45, 7) is 10.4. The molecule has 1 aliphatic heterocycles. The van der Waals surface area contributed by atoms with Crippen LogP contribution >= 0.6 is 97.0 Å². The summed E-state index contributed by atoms with van der Waals surface area (Å²) in [7, 11) is -6.57. The highest BCUT2D eigenvalue weighted by atomic mass is 79.9. The van der Waals surface area contributed by atoms with E-state index >= 15 is 0 Å². The molecule has 7 N–H and O–H groups in total. The van der Waals surface area contributed by atoms with Crippen LogP contribution in [0, 0.1) is 0 Å². The van der Waals surface area contributed by atoms with E-state index in [1.54, 1.807) is 26.4 Å². The molecule has 0 bridgehead atoms. The zero-order valence-corrected chi connectivity index (χ0v) is 49.1. The lowest BCUT2D eigenvalue weighted by Crippen LogP contribution is -2.66. The Bertz CT molecular complexity index is 1920. The first-order valence-electron chi connectivity index (χ1n) is 19.4. The van der Waals surface area contributed by atoms with Crippen LogP contribution in [0.25, 0.3) is 0 Å². The van der Waals surface area contributed by atoms with Gasteiger partial charge in [-0.3, -0.25) is 0 Å². The molecule has 24 heteroatoms. The summed E-state index contributed by atoms with van der Waals surface area (Å²) in [5.74, 6) is 0. The number of halogens is 7. The third-order valence-electron chi connectivity index (χ3n) is 9.10. The number of hydrogen-bond donors (Lipinski definition) is 5. The van der Waals surface area contributed by atoms with Crippen molar-refractivity contribution in [3.63, 3.8) is 0 Å². The first-order chi connectivity index (χ1) is 29.5. The van der Waals surface area contributed by atoms with Gasteiger partial charge in [-0.25, -0.2) is 0 Å². The van der Waals surface area contributed by atoms with Crippen molar-refractivity contribution >= 4 is 150 Å². The van der Waals surface area contributed by atoms with Crippen molar-refractivity contribution in [3.05, 3.63) is 115 Å². The van der Waals surface area contributed by atoms with Crippen molar-refractivity contribution in [1.82, 2.24) is 0 Å². The Morgan fingerprint density at radius 2 is 0.969 bits per heavy atom. The van der Waals surface area contributed by atoms with Gasteiger partial charge in [-0.2, -0.15) is 0 Å². The predicted octanol–water partition coefficient (Wildman–Crippen LogP) is 5.95. The second-order valence-corrected chi connectivity index (χ2v) is 33.6. The molecule has 0 aromatic heterocycles. The molecule has 0 aliphatic carbocycles. The van der Waals surface area contributed by atoms with E-state index in [0.717, 1.165) is 28.3 Å². The van der Waals surface area contributed by atoms with E-state index in [1.165, 1.54) is 21.0 Å². The first-order valence-corrected chi connectivity index (χ1v) is 32.8. The van der Waals surface area contributed by atoms with E-state index < -0.39 is 75.1 Å². The summed E-state index contributed by atoms with van der Waals surface area (Å²) in [4.78, 5) is 12.1. The van der Waals surface area contributed by atoms with Crippen LogP contribution in [0.1, 0.15) is 41.5 Å². The minimum atomic E-state index is -4.07. The summed E-state index contributed by atoms with van der Waals surface area (Å²) in [6, 6.07) is 27.0. The number of aliphatic hydroxyl groups excluding tert-OH is 4. The van der Waals surface area contributed by atoms with Gasteiger partial charge in [0.15, 0.2) is 0 Å². The third-order valence-corrected chi connectivity index (χ3v) is 23.1. The van der Waals surface area contributed by atoms with Crippen molar-refractivity contribution in [2.45, 2.75) is 84.3 Å². The summed E-state index contributed by atoms with van der Waals surface area (Å²) in [5.41, 5.74) is 0. The number of benzene rings is 4. The van der Waals surface area contributed by atoms with Crippen LogP contribution in [0.4, 0.5) is 0 Å². The lowest BCUT2D eigenvalue weighted by atomic mass is 10.1. The van der Waals surface area contributed by atoms with Gasteiger partial charge in [-0.1, -0.05) is 126 Å². The fourth-order valence-corrected chi connectivity index (χ4v) is 16.9. The largest absolute Gasteiger partial charge is 0.536 e. The van der Waals surface area contributed by atoms with Crippen LogP contribution in [0.5, 0.6) is 0 Å². The van der Waals surface area contributed by atoms with E-state index in [-0.39, 0.29) is 5.48 Å². The van der Waals surface area contributed by atoms with E-state index in [2.05, 4.69) is 63.7 Å². The Morgan fingerprint density at radius 3 is 1.31 bits per heavy atom. The monoisotopic (exact) mass is 1280 g/mol. The van der Waals surface area contributed by atoms with E-state index in [9.17, 15) is 4.80 Å². The molecule has 1 fully saturated rings. The van der Waals surface area contributed by atoms with Crippen molar-refractivity contribution in [1.29, 1.82) is 0 Å². The SMILES string of the molecule is CC.CO[Si](OC)(O[C@H](C)[C@H]1O[Si](OC)(c2ccc(Br)cc2)O[Si](O)(c2ccc(Br)cc2)O[C@H]1C)c1ccc(Br)cc1.C[C@H](O)[C@H](O)[C@H](O)[C@@H](C)O.Cl[Si](Cl)(Cl)c1ccc(Br)cc1.O. The summed E-state index contributed by atoms with van der Waals surface area (Å²) in [5, 5.41) is 38.0. The number of hydrogen-bond acceptors (Lipinski definition) is 12. The molecule has 1 heterocycles. The summed E-state index contributed by atoms with van der Waals surface area (Å²) < 4.78 is 47.9. The zero-order valence-electron chi connectivity index (χ0n) is 36.5. The Labute approximate surface area is 428 Å². The molecule has 13 nitrogen and oxygen atoms in total. The molecular weight excluding hydrogens is 1230 g/mol. The second kappa shape index (κ2) is 28.6. The lowest BCUT2D eigenvalue weighted by molar-refractivity contribution is -0.0947. The molecule has 4 aromatic carbocycles. The minimum Gasteiger partial charge on any atom is -0.412 e. The van der Waals surface area contributed by atoms with Crippen molar-refractivity contribution in [2.75, 3.05) is 21.3 Å². The molecule has 0 spiro atoms. The van der Waals surface area contributed by atoms with Gasteiger partial charge in [0.2, 0.25) is 0 Å². The Hall–Kier alpha value is 0.0175. The van der Waals surface area contributed by atoms with Crippen molar-refractivity contribution in [3.8, 4) is 0 Å². The molecule has 0 amide bonds. The van der Waals surface area contributed by atoms with E-state index in [1.807, 2.05) is 113 Å². The topological polar surface area (TPSA) is 197 Å². The molecule has 64 heavy (non-hydrogen) atoms. The normalized spacial score (nSPS) is 22.2. The fourth-order valence-electron chi connectivity index (χ4n) is 5.74. The molecule has 360 valence electrons. The lowest BCUT2D eigenvalue weighted by Gasteiger charge is -2.37. The predicted molar refractivity (Wildman–Crippen MR) is 276 cm³/mol. The molecular formula is C40H57Br4Cl3O13Si4. The molecule has 1 saturated heterocycles. The molecule has 2 unspecified atom stereocenters. The van der Waals surface area contributed by atoms with Crippen LogP contribution in [-0.4, -0.2) is 127 Å². The average molecular weight is 1280 g/mol. The zero-order chi connectivity index (χ0) is 47.9. The molecule has 9 atom stereocenters. The maximum Gasteiger partial charge on any atom is 0.536 e. The van der Waals surface area contributed by atoms with Gasteiger partial charge in [0.1, 0.15) is 12.2 Å². The highest BCUT2D eigenvalue weighted by molar-refractivity contribution is 9.11. The van der Waals surface area contributed by atoms with Crippen LogP contribution in [0.3, 0.4) is 0 Å². The first kappa shape index (κ1) is 62.0. The van der Waals surface area contributed by atoms with Crippen molar-refractivity contribution < 1.29 is 61.4 Å². The Balaban J connectivity index is 0.000000698. The average Bonchev–Trinajstić information content (AvgIpc) is 3.37. The summed E-state index contributed by atoms with van der Waals surface area (Å²) >= 11 is 31.0. The third kappa shape index (κ3) is 17.8. The van der Waals surface area contributed by atoms with Crippen LogP contribution < -0.4 is 20.7 Å². The van der Waals surface area contributed by atoms with Gasteiger partial charge < -0.3 is 61.4 Å². The van der Waals surface area contributed by atoms with Gasteiger partial charge in [-0.05, 0) is 81.4 Å². The van der Waals surface area contributed by atoms with Crippen molar-refractivity contribution in [2.24, 2.45) is 0 Å². The standard InChI is InChI=1S/C26H31Br3O8Si3.C6H4BrCl3Si.C6H14O4.C2H6.H2O/c1-18-26(19(2)35-39(31-3,32-4)24-14-8-21(28)9-15-24)36-40(33-5,25-16-10-22(29)11-17-25)37-38(30,34-18)23-12-6-20(27)7-13-23;7-5-1-3-6(4-2-5)11(8,9)10;1-3(7)5(9)6(10)4(2)8;1-2;/h6-19,26,30H,1-5H3;1-4H;3-10H,1-2H3;1-2H3;1H2/t18-,19+,26-,38?,40?;;3-,4+,5-,6+;;/m0..../s1. The number of rotatable bonds is 13. The molecule has 1 aliphatic rings. The molecule has 0 radical (unpaired) electrons. The quantitative estimate of drug-likeness (QED) is 0.0781. The van der Waals surface area contributed by atoms with Gasteiger partial charge in [-0.15, -0.1) is 33.2 Å². The van der Waals surface area contributed by atoms with Gasteiger partial charge in [0.25, 0.3) is 0 Å². The van der Waals surface area contributed by atoms with Gasteiger partial charge in [0.05, 0.1) is 30.5 Å². The van der Waals surface area contributed by atoms with Gasteiger partial charge in [0, 0.05) is 54.8 Å². The summed E-state index contributed by atoms with van der Waals surface area (Å²) in [6.07, 6.45) is -6.60. The Morgan fingerprint density at radius 1 is 0.609 bits per heavy atom. The molecule has 4 aromatic rings. The maximum absolute atomic E-state index is 12.1. The van der Waals surface area contributed by atoms with E-state index in [0.29, 0.717) is 10.4 Å². The highest BCUT2D eigenvalue weighted by Crippen LogP contribution is 2.31. The highest BCUT2D eigenvalue weighted by Gasteiger charge is 2.61. The van der Waals surface area contributed by atoms with E-state index in [4.69, 9.17) is 84.3 Å². The van der Waals surface area contributed by atoms with Crippen LogP contribution in [-0.2, 0) is 30.7 Å². The van der Waals surface area contributed by atoms with Crippen LogP contribution in [0.15, 0.2) is 115 Å². The fraction of sp³-hybridized carbons (Fsp3) is 0.400. The Kier molecular flexibility index (Phi) is 27.7. The molecule has 0 saturated carbocycles. The smallest absolute Gasteiger partial charge is 0.412 e. The minimum absolute atomic E-state index is 0. The number of aliphatic hydroxyl groups is 4.